The van der Waals surface area contributed by atoms with E-state index in [1.807, 2.05) is 6.07 Å². The molecule has 2 aromatic carbocycles. The van der Waals surface area contributed by atoms with Crippen LogP contribution in [0.4, 0.5) is 13.2 Å². The Labute approximate surface area is 148 Å². The van der Waals surface area contributed by atoms with Crippen molar-refractivity contribution in [1.29, 1.82) is 0 Å². The molecule has 136 valence electrons. The van der Waals surface area contributed by atoms with E-state index in [-0.39, 0.29) is 18.7 Å². The smallest absolute Gasteiger partial charge is 0.404 e. The maximum Gasteiger partial charge on any atom is 0.404 e. The molecule has 1 atom stereocenters. The second-order valence-electron chi connectivity index (χ2n) is 6.06. The molecule has 3 aromatic rings. The van der Waals surface area contributed by atoms with E-state index in [1.54, 1.807) is 47.0 Å². The number of imidazole rings is 1. The third-order valence-corrected chi connectivity index (χ3v) is 4.09. The lowest BCUT2D eigenvalue weighted by molar-refractivity contribution is -0.147. The molecule has 3 N–H and O–H groups in total. The molecule has 0 aliphatic rings. The van der Waals surface area contributed by atoms with Gasteiger partial charge in [-0.3, -0.25) is 0 Å². The molecule has 1 unspecified atom stereocenters. The molecular weight excluding hydrogens is 343 g/mol. The van der Waals surface area contributed by atoms with Crippen molar-refractivity contribution in [3.63, 3.8) is 0 Å². The van der Waals surface area contributed by atoms with Gasteiger partial charge in [-0.25, -0.2) is 4.98 Å². The van der Waals surface area contributed by atoms with Crippen LogP contribution in [-0.2, 0) is 13.0 Å². The summed E-state index contributed by atoms with van der Waals surface area (Å²) in [4.78, 5) is 4.32. The Hall–Kier alpha value is -2.80. The Balaban J connectivity index is 2.00. The average Bonchev–Trinajstić information content (AvgIpc) is 2.97. The first-order valence-corrected chi connectivity index (χ1v) is 8.04. The molecule has 4 nitrogen and oxygen atoms in total. The van der Waals surface area contributed by atoms with Gasteiger partial charge < -0.3 is 15.4 Å². The molecule has 26 heavy (non-hydrogen) atoms. The largest absolute Gasteiger partial charge is 0.508 e. The summed E-state index contributed by atoms with van der Waals surface area (Å²) in [7, 11) is 0. The van der Waals surface area contributed by atoms with Crippen molar-refractivity contribution < 1.29 is 18.3 Å². The van der Waals surface area contributed by atoms with Crippen LogP contribution in [0, 0.1) is 0 Å². The van der Waals surface area contributed by atoms with Crippen molar-refractivity contribution in [1.82, 2.24) is 9.55 Å². The number of hydrogen-bond donors (Lipinski definition) is 2. The molecule has 3 rings (SSSR count). The third-order valence-electron chi connectivity index (χ3n) is 4.09. The van der Waals surface area contributed by atoms with Gasteiger partial charge in [-0.15, -0.1) is 0 Å². The van der Waals surface area contributed by atoms with Crippen LogP contribution in [0.1, 0.15) is 11.3 Å². The number of phenols is 1. The number of hydrogen-bond acceptors (Lipinski definition) is 3. The number of alkyl halides is 3. The Morgan fingerprint density at radius 2 is 1.81 bits per heavy atom. The van der Waals surface area contributed by atoms with Crippen LogP contribution >= 0.6 is 0 Å². The molecule has 1 aromatic heterocycles. The van der Waals surface area contributed by atoms with Crippen molar-refractivity contribution in [3.8, 4) is 17.0 Å². The maximum absolute atomic E-state index is 13.0. The molecule has 0 aliphatic heterocycles. The van der Waals surface area contributed by atoms with Crippen LogP contribution < -0.4 is 5.73 Å². The van der Waals surface area contributed by atoms with Crippen molar-refractivity contribution >= 4 is 0 Å². The Morgan fingerprint density at radius 1 is 1.08 bits per heavy atom. The van der Waals surface area contributed by atoms with E-state index in [9.17, 15) is 18.3 Å². The molecule has 0 spiro atoms. The lowest BCUT2D eigenvalue weighted by Crippen LogP contribution is -2.39. The first kappa shape index (κ1) is 18.0. The van der Waals surface area contributed by atoms with E-state index in [4.69, 9.17) is 5.73 Å². The lowest BCUT2D eigenvalue weighted by Gasteiger charge is -2.18. The minimum atomic E-state index is -4.49. The molecule has 0 fully saturated rings. The quantitative estimate of drug-likeness (QED) is 0.728. The highest BCUT2D eigenvalue weighted by atomic mass is 19.4. The molecule has 0 bridgehead atoms. The van der Waals surface area contributed by atoms with Gasteiger partial charge in [0.25, 0.3) is 0 Å². The van der Waals surface area contributed by atoms with Gasteiger partial charge in [-0.2, -0.15) is 13.2 Å². The normalized spacial score (nSPS) is 12.9. The fourth-order valence-corrected chi connectivity index (χ4v) is 2.77. The van der Waals surface area contributed by atoms with Gasteiger partial charge in [0.2, 0.25) is 0 Å². The molecule has 7 heteroatoms. The molecule has 0 radical (unpaired) electrons. The average molecular weight is 361 g/mol. The highest BCUT2D eigenvalue weighted by Gasteiger charge is 2.37. The van der Waals surface area contributed by atoms with Gasteiger partial charge in [0.05, 0.1) is 12.0 Å². The number of aromatic nitrogens is 2. The van der Waals surface area contributed by atoms with Crippen LogP contribution in [0.5, 0.6) is 5.75 Å². The number of halogens is 3. The van der Waals surface area contributed by atoms with Crippen molar-refractivity contribution in [2.45, 2.75) is 25.2 Å². The molecular formula is C19H18F3N3O. The van der Waals surface area contributed by atoms with Crippen molar-refractivity contribution in [3.05, 3.63) is 72.2 Å². The monoisotopic (exact) mass is 361 g/mol. The van der Waals surface area contributed by atoms with E-state index in [2.05, 4.69) is 4.98 Å². The van der Waals surface area contributed by atoms with Crippen LogP contribution in [0.2, 0.25) is 0 Å². The maximum atomic E-state index is 13.0. The zero-order chi connectivity index (χ0) is 18.7. The van der Waals surface area contributed by atoms with Gasteiger partial charge in [0, 0.05) is 24.2 Å². The predicted octanol–water partition coefficient (Wildman–Crippen LogP) is 3.74. The summed E-state index contributed by atoms with van der Waals surface area (Å²) in [5.41, 5.74) is 7.74. The summed E-state index contributed by atoms with van der Waals surface area (Å²) in [6.07, 6.45) is -3.37. The molecule has 0 saturated carbocycles. The fourth-order valence-electron chi connectivity index (χ4n) is 2.77. The van der Waals surface area contributed by atoms with Crippen molar-refractivity contribution in [2.24, 2.45) is 5.73 Å². The fraction of sp³-hybridized carbons (Fsp3) is 0.211. The Morgan fingerprint density at radius 3 is 2.46 bits per heavy atom. The first-order chi connectivity index (χ1) is 12.3. The zero-order valence-electron chi connectivity index (χ0n) is 13.8. The summed E-state index contributed by atoms with van der Waals surface area (Å²) in [5.74, 6) is 0.0967. The summed E-state index contributed by atoms with van der Waals surface area (Å²) in [5, 5.41) is 9.60. The summed E-state index contributed by atoms with van der Waals surface area (Å²) in [6, 6.07) is 13.6. The lowest BCUT2D eigenvalue weighted by atomic mass is 10.0. The van der Waals surface area contributed by atoms with Gasteiger partial charge >= 0.3 is 6.18 Å². The van der Waals surface area contributed by atoms with Gasteiger partial charge in [-0.1, -0.05) is 42.5 Å². The number of nitrogens with zero attached hydrogens (tertiary/aromatic N) is 2. The van der Waals surface area contributed by atoms with Crippen molar-refractivity contribution in [2.75, 3.05) is 0 Å². The zero-order valence-corrected chi connectivity index (χ0v) is 13.8. The molecule has 0 aliphatic carbocycles. The summed E-state index contributed by atoms with van der Waals surface area (Å²) < 4.78 is 40.6. The Bertz CT molecular complexity index is 875. The first-order valence-electron chi connectivity index (χ1n) is 8.04. The Kier molecular flexibility index (Phi) is 4.99. The molecule has 1 heterocycles. The summed E-state index contributed by atoms with van der Waals surface area (Å²) >= 11 is 0. The highest BCUT2D eigenvalue weighted by molar-refractivity contribution is 5.62. The summed E-state index contributed by atoms with van der Waals surface area (Å²) in [6.45, 7) is 0.286. The predicted molar refractivity (Wildman–Crippen MR) is 92.6 cm³/mol. The second-order valence-corrected chi connectivity index (χ2v) is 6.06. The number of benzene rings is 2. The van der Waals surface area contributed by atoms with E-state index in [0.717, 1.165) is 11.1 Å². The minimum Gasteiger partial charge on any atom is -0.508 e. The molecule has 0 amide bonds. The molecule has 0 saturated heterocycles. The van der Waals surface area contributed by atoms with Gasteiger partial charge in [-0.05, 0) is 17.7 Å². The van der Waals surface area contributed by atoms with Gasteiger partial charge in [0.1, 0.15) is 11.8 Å². The minimum absolute atomic E-state index is 0.0967. The van der Waals surface area contributed by atoms with Crippen LogP contribution in [0.15, 0.2) is 60.9 Å². The number of rotatable bonds is 5. The van der Waals surface area contributed by atoms with Crippen LogP contribution in [0.3, 0.4) is 0 Å². The number of phenolic OH excluding ortho intramolecular Hbond substituents is 1. The van der Waals surface area contributed by atoms with E-state index in [1.165, 1.54) is 12.4 Å². The SMILES string of the molecule is NC(Cc1c(-c2ccccc2)ncn1Cc1cccc(O)c1)C(F)(F)F. The topological polar surface area (TPSA) is 64.1 Å². The van der Waals surface area contributed by atoms with Gasteiger partial charge in [0.15, 0.2) is 0 Å². The standard InChI is InChI=1S/C19H18F3N3O/c20-19(21,22)17(23)10-16-18(14-6-2-1-3-7-14)24-12-25(16)11-13-5-4-8-15(26)9-13/h1-9,12,17,26H,10-11,23H2. The third kappa shape index (κ3) is 4.05. The second kappa shape index (κ2) is 7.21. The van der Waals surface area contributed by atoms with E-state index in [0.29, 0.717) is 11.4 Å². The highest BCUT2D eigenvalue weighted by Crippen LogP contribution is 2.28. The van der Waals surface area contributed by atoms with Crippen LogP contribution in [0.25, 0.3) is 11.3 Å². The van der Waals surface area contributed by atoms with Crippen LogP contribution in [-0.4, -0.2) is 26.9 Å². The number of nitrogens with two attached hydrogens (primary N) is 1. The van der Waals surface area contributed by atoms with E-state index < -0.39 is 12.2 Å². The van der Waals surface area contributed by atoms with E-state index >= 15 is 0 Å². The number of aromatic hydroxyl groups is 1.